The van der Waals surface area contributed by atoms with E-state index in [1.807, 2.05) is 23.3 Å². The molecule has 0 aromatic heterocycles. The van der Waals surface area contributed by atoms with Crippen molar-refractivity contribution < 1.29 is 4.79 Å². The first kappa shape index (κ1) is 16.1. The molecule has 0 radical (unpaired) electrons. The summed E-state index contributed by atoms with van der Waals surface area (Å²) in [6.07, 6.45) is 2.99. The van der Waals surface area contributed by atoms with E-state index >= 15 is 0 Å². The molecule has 1 aliphatic rings. The molecule has 1 aliphatic heterocycles. The van der Waals surface area contributed by atoms with E-state index in [-0.39, 0.29) is 5.91 Å². The van der Waals surface area contributed by atoms with Crippen LogP contribution in [0.15, 0.2) is 23.1 Å². The summed E-state index contributed by atoms with van der Waals surface area (Å²) >= 11 is 6.90. The smallest absolute Gasteiger partial charge is 0.219 e. The lowest BCUT2D eigenvalue weighted by Gasteiger charge is -2.26. The minimum atomic E-state index is 0.143. The first-order valence-electron chi connectivity index (χ1n) is 7.02. The highest BCUT2D eigenvalue weighted by atomic mass is 32.2. The van der Waals surface area contributed by atoms with E-state index in [0.717, 1.165) is 48.7 Å². The minimum absolute atomic E-state index is 0.143. The molecule has 0 atom stereocenters. The third kappa shape index (κ3) is 3.68. The van der Waals surface area contributed by atoms with Gasteiger partial charge in [0.05, 0.1) is 0 Å². The number of amides is 1. The van der Waals surface area contributed by atoms with Gasteiger partial charge in [-0.3, -0.25) is 4.79 Å². The lowest BCUT2D eigenvalue weighted by atomic mass is 10.1. The van der Waals surface area contributed by atoms with Crippen molar-refractivity contribution in [3.8, 4) is 0 Å². The molecule has 4 nitrogen and oxygen atoms in total. The number of benzene rings is 1. The Morgan fingerprint density at radius 2 is 2.05 bits per heavy atom. The summed E-state index contributed by atoms with van der Waals surface area (Å²) in [4.78, 5) is 17.3. The van der Waals surface area contributed by atoms with Crippen molar-refractivity contribution in [2.24, 2.45) is 5.73 Å². The second kappa shape index (κ2) is 7.13. The molecule has 1 amide bonds. The molecule has 0 aliphatic carbocycles. The van der Waals surface area contributed by atoms with Crippen molar-refractivity contribution in [2.75, 3.05) is 37.3 Å². The van der Waals surface area contributed by atoms with Crippen LogP contribution in [0.4, 0.5) is 5.69 Å². The summed E-state index contributed by atoms with van der Waals surface area (Å²) in [5.74, 6) is 0.143. The zero-order valence-corrected chi connectivity index (χ0v) is 14.1. The lowest BCUT2D eigenvalue weighted by molar-refractivity contribution is -0.128. The number of hydrogen-bond donors (Lipinski definition) is 1. The maximum atomic E-state index is 11.5. The average Bonchev–Trinajstić information content (AvgIpc) is 2.72. The predicted octanol–water partition coefficient (Wildman–Crippen LogP) is 2.10. The maximum Gasteiger partial charge on any atom is 0.219 e. The molecule has 114 valence electrons. The fraction of sp³-hybridized carbons (Fsp3) is 0.467. The third-order valence-corrected chi connectivity index (χ3v) is 4.74. The highest BCUT2D eigenvalue weighted by molar-refractivity contribution is 7.98. The molecular formula is C15H21N3OS2. The number of nitrogens with two attached hydrogens (primary N) is 1. The van der Waals surface area contributed by atoms with E-state index in [2.05, 4.69) is 11.0 Å². The molecule has 1 heterocycles. The molecule has 0 spiro atoms. The number of carbonyl (C=O) groups excluding carboxylic acids is 1. The van der Waals surface area contributed by atoms with Crippen molar-refractivity contribution in [3.05, 3.63) is 23.8 Å². The zero-order chi connectivity index (χ0) is 15.4. The van der Waals surface area contributed by atoms with Crippen LogP contribution in [0.1, 0.15) is 18.9 Å². The van der Waals surface area contributed by atoms with Gasteiger partial charge in [0, 0.05) is 49.2 Å². The summed E-state index contributed by atoms with van der Waals surface area (Å²) in [6, 6.07) is 6.15. The molecule has 21 heavy (non-hydrogen) atoms. The second-order valence-electron chi connectivity index (χ2n) is 5.07. The van der Waals surface area contributed by atoms with E-state index in [1.54, 1.807) is 18.7 Å². The largest absolute Gasteiger partial charge is 0.389 e. The van der Waals surface area contributed by atoms with Crippen molar-refractivity contribution in [1.82, 2.24) is 4.90 Å². The molecule has 0 bridgehead atoms. The Balaban J connectivity index is 2.29. The standard InChI is InChI=1S/C15H21N3OS2/c1-11(19)17-7-4-8-18(10-9-17)12-5-3-6-13(21-2)14(12)15(16)20/h3,5-6H,4,7-10H2,1-2H3,(H2,16,20). The Bertz CT molecular complexity index is 548. The Labute approximate surface area is 135 Å². The number of thiocarbonyl (C=S) groups is 1. The molecule has 0 unspecified atom stereocenters. The van der Waals surface area contributed by atoms with Gasteiger partial charge in [0.25, 0.3) is 0 Å². The molecule has 1 saturated heterocycles. The summed E-state index contributed by atoms with van der Waals surface area (Å²) in [6.45, 7) is 4.92. The van der Waals surface area contributed by atoms with Gasteiger partial charge in [0.15, 0.2) is 0 Å². The van der Waals surface area contributed by atoms with Crippen molar-refractivity contribution in [2.45, 2.75) is 18.2 Å². The summed E-state index contributed by atoms with van der Waals surface area (Å²) in [5, 5.41) is 0. The Morgan fingerprint density at radius 3 is 2.67 bits per heavy atom. The first-order chi connectivity index (χ1) is 10.0. The van der Waals surface area contributed by atoms with Gasteiger partial charge >= 0.3 is 0 Å². The van der Waals surface area contributed by atoms with Crippen LogP contribution in [0.25, 0.3) is 0 Å². The molecule has 1 fully saturated rings. The Morgan fingerprint density at radius 1 is 1.29 bits per heavy atom. The van der Waals surface area contributed by atoms with E-state index in [4.69, 9.17) is 18.0 Å². The lowest BCUT2D eigenvalue weighted by Crippen LogP contribution is -2.34. The Kier molecular flexibility index (Phi) is 5.47. The van der Waals surface area contributed by atoms with Crippen molar-refractivity contribution in [1.29, 1.82) is 0 Å². The minimum Gasteiger partial charge on any atom is -0.389 e. The highest BCUT2D eigenvalue weighted by Crippen LogP contribution is 2.30. The van der Waals surface area contributed by atoms with E-state index in [1.165, 1.54) is 0 Å². The van der Waals surface area contributed by atoms with Crippen molar-refractivity contribution in [3.63, 3.8) is 0 Å². The number of anilines is 1. The summed E-state index contributed by atoms with van der Waals surface area (Å²) in [7, 11) is 0. The monoisotopic (exact) mass is 323 g/mol. The number of hydrogen-bond acceptors (Lipinski definition) is 4. The maximum absolute atomic E-state index is 11.5. The van der Waals surface area contributed by atoms with E-state index in [9.17, 15) is 4.79 Å². The fourth-order valence-electron chi connectivity index (χ4n) is 2.67. The van der Waals surface area contributed by atoms with E-state index < -0.39 is 0 Å². The zero-order valence-electron chi connectivity index (χ0n) is 12.5. The van der Waals surface area contributed by atoms with Gasteiger partial charge in [-0.2, -0.15) is 0 Å². The number of nitrogens with zero attached hydrogens (tertiary/aromatic N) is 2. The average molecular weight is 323 g/mol. The van der Waals surface area contributed by atoms with Crippen LogP contribution < -0.4 is 10.6 Å². The molecule has 6 heteroatoms. The first-order valence-corrected chi connectivity index (χ1v) is 8.65. The van der Waals surface area contributed by atoms with Crippen LogP contribution in [0.3, 0.4) is 0 Å². The second-order valence-corrected chi connectivity index (χ2v) is 6.35. The van der Waals surface area contributed by atoms with E-state index in [0.29, 0.717) is 4.99 Å². The van der Waals surface area contributed by atoms with Gasteiger partial charge in [0.2, 0.25) is 5.91 Å². The van der Waals surface area contributed by atoms with Gasteiger partial charge in [-0.15, -0.1) is 11.8 Å². The third-order valence-electron chi connectivity index (χ3n) is 3.75. The van der Waals surface area contributed by atoms with Gasteiger partial charge in [-0.05, 0) is 24.8 Å². The van der Waals surface area contributed by atoms with Crippen LogP contribution >= 0.6 is 24.0 Å². The summed E-state index contributed by atoms with van der Waals surface area (Å²) in [5.41, 5.74) is 7.98. The fourth-order valence-corrected chi connectivity index (χ4v) is 3.59. The van der Waals surface area contributed by atoms with Gasteiger partial charge in [0.1, 0.15) is 4.99 Å². The molecule has 0 saturated carbocycles. The SMILES string of the molecule is CSc1cccc(N2CCCN(C(C)=O)CC2)c1C(N)=S. The normalized spacial score (nSPS) is 15.7. The highest BCUT2D eigenvalue weighted by Gasteiger charge is 2.20. The molecule has 1 aromatic rings. The van der Waals surface area contributed by atoms with Crippen LogP contribution in [-0.4, -0.2) is 48.2 Å². The van der Waals surface area contributed by atoms with Gasteiger partial charge < -0.3 is 15.5 Å². The van der Waals surface area contributed by atoms with Crippen LogP contribution in [0, 0.1) is 0 Å². The number of rotatable bonds is 3. The summed E-state index contributed by atoms with van der Waals surface area (Å²) < 4.78 is 0. The topological polar surface area (TPSA) is 49.6 Å². The van der Waals surface area contributed by atoms with Gasteiger partial charge in [-0.25, -0.2) is 0 Å². The predicted molar refractivity (Wildman–Crippen MR) is 93.2 cm³/mol. The molecular weight excluding hydrogens is 302 g/mol. The van der Waals surface area contributed by atoms with Crippen LogP contribution in [-0.2, 0) is 4.79 Å². The van der Waals surface area contributed by atoms with Crippen LogP contribution in [0.2, 0.25) is 0 Å². The van der Waals surface area contributed by atoms with Gasteiger partial charge in [-0.1, -0.05) is 18.3 Å². The van der Waals surface area contributed by atoms with Crippen molar-refractivity contribution >= 4 is 40.6 Å². The number of thioether (sulfide) groups is 1. The number of carbonyl (C=O) groups is 1. The Hall–Kier alpha value is -1.27. The molecule has 2 N–H and O–H groups in total. The molecule has 2 rings (SSSR count). The van der Waals surface area contributed by atoms with Crippen LogP contribution in [0.5, 0.6) is 0 Å². The molecule has 1 aromatic carbocycles. The quantitative estimate of drug-likeness (QED) is 0.682.